The van der Waals surface area contributed by atoms with Crippen molar-refractivity contribution in [1.82, 2.24) is 0 Å². The van der Waals surface area contributed by atoms with E-state index in [4.69, 9.17) is 14.9 Å². The van der Waals surface area contributed by atoms with Crippen LogP contribution in [-0.2, 0) is 4.74 Å². The van der Waals surface area contributed by atoms with Crippen molar-refractivity contribution in [1.29, 1.82) is 0 Å². The summed E-state index contributed by atoms with van der Waals surface area (Å²) in [7, 11) is 0. The second-order valence-electron chi connectivity index (χ2n) is 2.75. The van der Waals surface area contributed by atoms with Gasteiger partial charge < -0.3 is 14.9 Å². The number of hydrogen-bond donors (Lipinski definition) is 2. The Balaban J connectivity index is 2.58. The molecule has 1 aliphatic rings. The van der Waals surface area contributed by atoms with Crippen molar-refractivity contribution in [3.05, 3.63) is 0 Å². The Labute approximate surface area is 58.4 Å². The summed E-state index contributed by atoms with van der Waals surface area (Å²) in [5.74, 6) is 0. The summed E-state index contributed by atoms with van der Waals surface area (Å²) in [5, 5.41) is 17.6. The van der Waals surface area contributed by atoms with E-state index in [0.29, 0.717) is 0 Å². The quantitative estimate of drug-likeness (QED) is 0.528. The molecule has 60 valence electrons. The van der Waals surface area contributed by atoms with Gasteiger partial charge in [-0.3, -0.25) is 0 Å². The molecule has 0 aromatic heterocycles. The highest BCUT2D eigenvalue weighted by Gasteiger charge is 2.45. The predicted octanol–water partition coefficient (Wildman–Crippen LogP) is -0.533. The number of halogens is 1. The summed E-state index contributed by atoms with van der Waals surface area (Å²) in [6.45, 7) is 0.785. The minimum atomic E-state index is -1.70. The van der Waals surface area contributed by atoms with E-state index in [0.717, 1.165) is 0 Å². The Morgan fingerprint density at radius 3 is 2.60 bits per heavy atom. The largest absolute Gasteiger partial charge is 0.394 e. The third-order valence-corrected chi connectivity index (χ3v) is 1.73. The van der Waals surface area contributed by atoms with Crippen molar-refractivity contribution >= 4 is 0 Å². The van der Waals surface area contributed by atoms with Gasteiger partial charge in [-0.2, -0.15) is 0 Å². The van der Waals surface area contributed by atoms with Gasteiger partial charge in [0.1, 0.15) is 12.2 Å². The maximum Gasteiger partial charge on any atom is 0.159 e. The number of alkyl halides is 1. The van der Waals surface area contributed by atoms with E-state index < -0.39 is 17.9 Å². The maximum atomic E-state index is 13.0. The molecule has 1 unspecified atom stereocenters. The predicted molar refractivity (Wildman–Crippen MR) is 32.3 cm³/mol. The molecule has 0 amide bonds. The smallest absolute Gasteiger partial charge is 0.159 e. The fourth-order valence-corrected chi connectivity index (χ4v) is 0.987. The van der Waals surface area contributed by atoms with Crippen LogP contribution in [0, 0.1) is 0 Å². The average Bonchev–Trinajstić information content (AvgIpc) is 2.10. The van der Waals surface area contributed by atoms with Gasteiger partial charge in [0.15, 0.2) is 5.67 Å². The number of ether oxygens (including phenoxy) is 1. The van der Waals surface area contributed by atoms with Crippen molar-refractivity contribution in [2.45, 2.75) is 24.8 Å². The molecule has 0 radical (unpaired) electrons. The third-order valence-electron chi connectivity index (χ3n) is 1.73. The van der Waals surface area contributed by atoms with Crippen molar-refractivity contribution < 1.29 is 19.3 Å². The number of aliphatic hydroxyl groups excluding tert-OH is 2. The summed E-state index contributed by atoms with van der Waals surface area (Å²) in [6, 6.07) is 0. The van der Waals surface area contributed by atoms with Gasteiger partial charge >= 0.3 is 0 Å². The highest BCUT2D eigenvalue weighted by molar-refractivity contribution is 4.93. The minimum absolute atomic E-state index is 0.139. The van der Waals surface area contributed by atoms with Crippen LogP contribution in [0.25, 0.3) is 0 Å². The molecule has 0 aliphatic carbocycles. The average molecular weight is 150 g/mol. The Morgan fingerprint density at radius 2 is 2.40 bits per heavy atom. The minimum Gasteiger partial charge on any atom is -0.394 e. The second kappa shape index (κ2) is 2.45. The molecular formula is C6H11FO3. The second-order valence-corrected chi connectivity index (χ2v) is 2.75. The van der Waals surface area contributed by atoms with Crippen molar-refractivity contribution in [3.63, 3.8) is 0 Å². The first-order chi connectivity index (χ1) is 4.58. The summed E-state index contributed by atoms with van der Waals surface area (Å²) in [5.41, 5.74) is -1.70. The van der Waals surface area contributed by atoms with Gasteiger partial charge in [-0.25, -0.2) is 4.39 Å². The SMILES string of the molecule is C[C@@]1(F)COC(CO)[C@H]1O. The lowest BCUT2D eigenvalue weighted by Gasteiger charge is -2.17. The first kappa shape index (κ1) is 7.91. The zero-order valence-electron chi connectivity index (χ0n) is 5.75. The van der Waals surface area contributed by atoms with Crippen LogP contribution in [0.1, 0.15) is 6.92 Å². The molecule has 1 heterocycles. The molecule has 0 spiro atoms. The van der Waals surface area contributed by atoms with Gasteiger partial charge in [0.2, 0.25) is 0 Å². The third kappa shape index (κ3) is 1.14. The molecule has 1 fully saturated rings. The fourth-order valence-electron chi connectivity index (χ4n) is 0.987. The van der Waals surface area contributed by atoms with E-state index in [1.54, 1.807) is 0 Å². The Hall–Kier alpha value is -0.190. The van der Waals surface area contributed by atoms with E-state index >= 15 is 0 Å². The summed E-state index contributed by atoms with van der Waals surface area (Å²) >= 11 is 0. The molecule has 3 nitrogen and oxygen atoms in total. The van der Waals surface area contributed by atoms with Crippen LogP contribution in [0.5, 0.6) is 0 Å². The summed E-state index contributed by atoms with van der Waals surface area (Å²) in [4.78, 5) is 0. The van der Waals surface area contributed by atoms with Gasteiger partial charge in [-0.15, -0.1) is 0 Å². The summed E-state index contributed by atoms with van der Waals surface area (Å²) in [6.07, 6.45) is -1.95. The van der Waals surface area contributed by atoms with Gasteiger partial charge in [0, 0.05) is 0 Å². The van der Waals surface area contributed by atoms with Crippen LogP contribution in [-0.4, -0.2) is 41.3 Å². The molecular weight excluding hydrogens is 139 g/mol. The zero-order valence-corrected chi connectivity index (χ0v) is 5.75. The molecule has 2 N–H and O–H groups in total. The molecule has 4 heteroatoms. The van der Waals surface area contributed by atoms with Crippen LogP contribution in [0.4, 0.5) is 4.39 Å². The van der Waals surface area contributed by atoms with Gasteiger partial charge in [0.05, 0.1) is 13.2 Å². The molecule has 10 heavy (non-hydrogen) atoms. The van der Waals surface area contributed by atoms with E-state index in [2.05, 4.69) is 0 Å². The van der Waals surface area contributed by atoms with Crippen LogP contribution in [0.2, 0.25) is 0 Å². The molecule has 1 saturated heterocycles. The molecule has 0 saturated carbocycles. The van der Waals surface area contributed by atoms with Crippen molar-refractivity contribution in [2.24, 2.45) is 0 Å². The normalized spacial score (nSPS) is 48.0. The summed E-state index contributed by atoms with van der Waals surface area (Å²) < 4.78 is 17.7. The molecule has 0 bridgehead atoms. The number of aliphatic hydroxyl groups is 2. The monoisotopic (exact) mass is 150 g/mol. The van der Waals surface area contributed by atoms with Gasteiger partial charge in [0.25, 0.3) is 0 Å². The van der Waals surface area contributed by atoms with Crippen molar-refractivity contribution in [2.75, 3.05) is 13.2 Å². The van der Waals surface area contributed by atoms with Crippen LogP contribution < -0.4 is 0 Å². The lowest BCUT2D eigenvalue weighted by atomic mass is 10.0. The van der Waals surface area contributed by atoms with E-state index in [1.165, 1.54) is 6.92 Å². The van der Waals surface area contributed by atoms with Crippen LogP contribution in [0.3, 0.4) is 0 Å². The Bertz CT molecular complexity index is 126. The molecule has 3 atom stereocenters. The van der Waals surface area contributed by atoms with Crippen molar-refractivity contribution in [3.8, 4) is 0 Å². The standard InChI is InChI=1S/C6H11FO3/c1-6(7)3-10-4(2-8)5(6)9/h4-5,8-9H,2-3H2,1H3/t4?,5-,6-/m1/s1. The molecule has 1 rings (SSSR count). The fraction of sp³-hybridized carbons (Fsp3) is 1.00. The number of hydrogen-bond acceptors (Lipinski definition) is 3. The molecule has 0 aromatic carbocycles. The lowest BCUT2D eigenvalue weighted by molar-refractivity contribution is -0.00983. The highest BCUT2D eigenvalue weighted by Crippen LogP contribution is 2.27. The van der Waals surface area contributed by atoms with Crippen LogP contribution in [0.15, 0.2) is 0 Å². The molecule has 0 aromatic rings. The molecule has 1 aliphatic heterocycles. The van der Waals surface area contributed by atoms with E-state index in [-0.39, 0.29) is 13.2 Å². The highest BCUT2D eigenvalue weighted by atomic mass is 19.1. The van der Waals surface area contributed by atoms with E-state index in [1.807, 2.05) is 0 Å². The van der Waals surface area contributed by atoms with Gasteiger partial charge in [-0.1, -0.05) is 0 Å². The van der Waals surface area contributed by atoms with Gasteiger partial charge in [-0.05, 0) is 6.92 Å². The number of rotatable bonds is 1. The Morgan fingerprint density at radius 1 is 1.80 bits per heavy atom. The first-order valence-electron chi connectivity index (χ1n) is 3.17. The maximum absolute atomic E-state index is 13.0. The van der Waals surface area contributed by atoms with E-state index in [9.17, 15) is 4.39 Å². The zero-order chi connectivity index (χ0) is 7.78. The Kier molecular flexibility index (Phi) is 1.94. The first-order valence-corrected chi connectivity index (χ1v) is 3.17. The lowest BCUT2D eigenvalue weighted by Crippen LogP contribution is -2.38. The topological polar surface area (TPSA) is 49.7 Å². The van der Waals surface area contributed by atoms with Crippen LogP contribution >= 0.6 is 0 Å².